The minimum absolute atomic E-state index is 0.128. The molecule has 0 saturated carbocycles. The number of aromatic nitrogens is 4. The summed E-state index contributed by atoms with van der Waals surface area (Å²) in [6.45, 7) is 9.52. The number of para-hydroxylation sites is 2. The molecule has 8 aromatic carbocycles. The zero-order valence-electron chi connectivity index (χ0n) is 35.3. The molecule has 3 heterocycles. The highest BCUT2D eigenvalue weighted by molar-refractivity contribution is 6.13. The van der Waals surface area contributed by atoms with Gasteiger partial charge in [0.05, 0.1) is 11.0 Å². The Kier molecular flexibility index (Phi) is 7.98. The monoisotopic (exact) mass is 800 g/mol. The van der Waals surface area contributed by atoms with Crippen molar-refractivity contribution in [3.05, 3.63) is 181 Å². The van der Waals surface area contributed by atoms with Gasteiger partial charge in [0.2, 0.25) is 0 Å². The van der Waals surface area contributed by atoms with Gasteiger partial charge in [0.25, 0.3) is 0 Å². The van der Waals surface area contributed by atoms with Crippen molar-refractivity contribution in [2.75, 3.05) is 0 Å². The molecule has 11 aromatic rings. The number of nitrogens with zero attached hydrogens (tertiary/aromatic N) is 4. The van der Waals surface area contributed by atoms with E-state index in [2.05, 4.69) is 190 Å². The van der Waals surface area contributed by atoms with Crippen LogP contribution in [0.4, 0.5) is 0 Å². The highest BCUT2D eigenvalue weighted by Crippen LogP contribution is 2.47. The summed E-state index contributed by atoms with van der Waals surface area (Å²) in [5, 5.41) is 6.79. The number of benzene rings is 8. The van der Waals surface area contributed by atoms with E-state index < -0.39 is 0 Å². The van der Waals surface area contributed by atoms with Gasteiger partial charge < -0.3 is 8.98 Å². The third kappa shape index (κ3) is 5.79. The zero-order valence-corrected chi connectivity index (χ0v) is 35.3. The Morgan fingerprint density at radius 3 is 1.79 bits per heavy atom. The summed E-state index contributed by atoms with van der Waals surface area (Å²) < 4.78 is 9.01. The smallest absolute Gasteiger partial charge is 0.164 e. The van der Waals surface area contributed by atoms with Crippen LogP contribution < -0.4 is 0 Å². The minimum atomic E-state index is 0.128. The molecule has 3 aromatic heterocycles. The molecule has 62 heavy (non-hydrogen) atoms. The van der Waals surface area contributed by atoms with E-state index in [0.717, 1.165) is 55.3 Å². The van der Waals surface area contributed by atoms with Crippen LogP contribution in [0.25, 0.3) is 105 Å². The topological polar surface area (TPSA) is 56.7 Å². The van der Waals surface area contributed by atoms with Gasteiger partial charge in [-0.3, -0.25) is 0 Å². The van der Waals surface area contributed by atoms with Crippen molar-refractivity contribution in [1.29, 1.82) is 0 Å². The predicted molar refractivity (Wildman–Crippen MR) is 256 cm³/mol. The Hall–Kier alpha value is -7.37. The first kappa shape index (κ1) is 36.5. The maximum Gasteiger partial charge on any atom is 0.164 e. The van der Waals surface area contributed by atoms with Crippen molar-refractivity contribution in [1.82, 2.24) is 19.5 Å². The number of rotatable bonds is 5. The molecule has 5 heteroatoms. The molecule has 0 spiro atoms. The van der Waals surface area contributed by atoms with Crippen LogP contribution in [0.2, 0.25) is 0 Å². The van der Waals surface area contributed by atoms with Gasteiger partial charge in [-0.05, 0) is 117 Å². The Morgan fingerprint density at radius 1 is 0.435 bits per heavy atom. The Morgan fingerprint density at radius 2 is 1.03 bits per heavy atom. The summed E-state index contributed by atoms with van der Waals surface area (Å²) in [5.74, 6) is 1.83. The summed E-state index contributed by atoms with van der Waals surface area (Å²) in [7, 11) is 0. The van der Waals surface area contributed by atoms with Crippen molar-refractivity contribution >= 4 is 54.5 Å². The molecule has 0 amide bonds. The molecule has 0 saturated heterocycles. The van der Waals surface area contributed by atoms with E-state index in [1.54, 1.807) is 0 Å². The number of fused-ring (bicyclic) bond motifs is 8. The Bertz CT molecular complexity index is 3540. The molecular formula is C57H44N4O. The lowest BCUT2D eigenvalue weighted by Crippen LogP contribution is -2.33. The van der Waals surface area contributed by atoms with Crippen LogP contribution in [0.15, 0.2) is 174 Å². The Labute approximate surface area is 360 Å². The van der Waals surface area contributed by atoms with Gasteiger partial charge in [-0.2, -0.15) is 0 Å². The predicted octanol–water partition coefficient (Wildman–Crippen LogP) is 15.0. The van der Waals surface area contributed by atoms with E-state index in [-0.39, 0.29) is 10.8 Å². The summed E-state index contributed by atoms with van der Waals surface area (Å²) in [5.41, 5.74) is 13.4. The molecular weight excluding hydrogens is 757 g/mol. The highest BCUT2D eigenvalue weighted by Gasteiger charge is 2.37. The first-order valence-corrected chi connectivity index (χ1v) is 21.6. The lowest BCUT2D eigenvalue weighted by molar-refractivity contribution is 0.332. The molecule has 0 fully saturated rings. The van der Waals surface area contributed by atoms with E-state index in [1.807, 2.05) is 12.1 Å². The fraction of sp³-hybridized carbons (Fsp3) is 0.140. The first-order chi connectivity index (χ1) is 30.2. The van der Waals surface area contributed by atoms with E-state index >= 15 is 0 Å². The summed E-state index contributed by atoms with van der Waals surface area (Å²) in [6, 6.07) is 60.5. The first-order valence-electron chi connectivity index (χ1n) is 21.6. The summed E-state index contributed by atoms with van der Waals surface area (Å²) >= 11 is 0. The molecule has 0 atom stereocenters. The van der Waals surface area contributed by atoms with E-state index in [9.17, 15) is 0 Å². The lowest BCUT2D eigenvalue weighted by Gasteiger charge is -2.42. The van der Waals surface area contributed by atoms with Crippen molar-refractivity contribution in [3.8, 4) is 51.0 Å². The highest BCUT2D eigenvalue weighted by atomic mass is 16.3. The van der Waals surface area contributed by atoms with Crippen LogP contribution in [-0.2, 0) is 10.8 Å². The van der Waals surface area contributed by atoms with Crippen LogP contribution in [0, 0.1) is 0 Å². The molecule has 1 aliphatic carbocycles. The average Bonchev–Trinajstić information content (AvgIpc) is 3.86. The van der Waals surface area contributed by atoms with Gasteiger partial charge in [-0.1, -0.05) is 137 Å². The fourth-order valence-electron chi connectivity index (χ4n) is 10.0. The van der Waals surface area contributed by atoms with Crippen molar-refractivity contribution in [3.63, 3.8) is 0 Å². The normalized spacial score (nSPS) is 14.6. The molecule has 12 rings (SSSR count). The number of hydrogen-bond donors (Lipinski definition) is 0. The quantitative estimate of drug-likeness (QED) is 0.174. The molecule has 1 aliphatic rings. The van der Waals surface area contributed by atoms with E-state index in [0.29, 0.717) is 17.5 Å². The average molecular weight is 801 g/mol. The Balaban J connectivity index is 0.996. The third-order valence-corrected chi connectivity index (χ3v) is 13.5. The van der Waals surface area contributed by atoms with Crippen LogP contribution >= 0.6 is 0 Å². The molecule has 0 bridgehead atoms. The molecule has 0 aliphatic heterocycles. The van der Waals surface area contributed by atoms with E-state index in [4.69, 9.17) is 19.4 Å². The van der Waals surface area contributed by atoms with Crippen LogP contribution in [0.5, 0.6) is 0 Å². The summed E-state index contributed by atoms with van der Waals surface area (Å²) in [4.78, 5) is 15.7. The van der Waals surface area contributed by atoms with Crippen LogP contribution in [0.1, 0.15) is 51.7 Å². The number of hydrogen-bond acceptors (Lipinski definition) is 4. The second kappa shape index (κ2) is 13.6. The second-order valence-electron chi connectivity index (χ2n) is 18.3. The zero-order chi connectivity index (χ0) is 41.7. The van der Waals surface area contributed by atoms with Gasteiger partial charge in [0.1, 0.15) is 11.2 Å². The van der Waals surface area contributed by atoms with Crippen molar-refractivity contribution in [2.45, 2.75) is 51.4 Å². The molecule has 298 valence electrons. The molecule has 0 N–H and O–H groups in total. The SMILES string of the molecule is CC1(C)CCC(C)(C)c2cc(-c3ccc4c(c3)oc3cccc(-c5nc(-c6ccc(-n7c8ccccc8c8ccccc87)cc6)nc(-c6ccc7ccccc7c6)n5)c34)ccc21. The van der Waals surface area contributed by atoms with Crippen molar-refractivity contribution < 1.29 is 4.42 Å². The number of furan rings is 1. The lowest BCUT2D eigenvalue weighted by atomic mass is 9.63. The van der Waals surface area contributed by atoms with Gasteiger partial charge in [-0.15, -0.1) is 0 Å². The third-order valence-electron chi connectivity index (χ3n) is 13.5. The standard InChI is InChI=1S/C57H44N4O/c1-56(2)30-31-57(3,4)47-33-38(25-29-46(47)56)39-24-28-44-51(34-39)62-50-19-11-16-45(52(44)50)55-59-53(58-54(60-55)40-21-20-35-12-5-6-13-37(35)32-40)36-22-26-41(27-23-36)61-48-17-9-7-14-42(48)43-15-8-10-18-49(43)61/h5-29,32-34H,30-31H2,1-4H3. The molecule has 0 radical (unpaired) electrons. The van der Waals surface area contributed by atoms with Crippen molar-refractivity contribution in [2.24, 2.45) is 0 Å². The van der Waals surface area contributed by atoms with Gasteiger partial charge in [0, 0.05) is 43.9 Å². The van der Waals surface area contributed by atoms with Gasteiger partial charge in [0.15, 0.2) is 17.5 Å². The molecule has 0 unspecified atom stereocenters. The largest absolute Gasteiger partial charge is 0.456 e. The molecule has 5 nitrogen and oxygen atoms in total. The maximum atomic E-state index is 6.68. The van der Waals surface area contributed by atoms with Crippen LogP contribution in [0.3, 0.4) is 0 Å². The minimum Gasteiger partial charge on any atom is -0.456 e. The van der Waals surface area contributed by atoms with Gasteiger partial charge in [-0.25, -0.2) is 15.0 Å². The second-order valence-corrected chi connectivity index (χ2v) is 18.3. The van der Waals surface area contributed by atoms with Crippen LogP contribution in [-0.4, -0.2) is 19.5 Å². The van der Waals surface area contributed by atoms with Gasteiger partial charge >= 0.3 is 0 Å². The van der Waals surface area contributed by atoms with E-state index in [1.165, 1.54) is 56.7 Å². The summed E-state index contributed by atoms with van der Waals surface area (Å²) in [6.07, 6.45) is 2.37. The maximum absolute atomic E-state index is 6.68. The fourth-order valence-corrected chi connectivity index (χ4v) is 10.0.